The highest BCUT2D eigenvalue weighted by Gasteiger charge is 2.27. The number of carbonyl (C=O) groups is 2. The Labute approximate surface area is 471 Å². The van der Waals surface area contributed by atoms with Crippen molar-refractivity contribution in [2.24, 2.45) is 0 Å². The van der Waals surface area contributed by atoms with Gasteiger partial charge in [0.25, 0.3) is 0 Å². The summed E-state index contributed by atoms with van der Waals surface area (Å²) >= 11 is 0. The van der Waals surface area contributed by atoms with Crippen LogP contribution in [0.3, 0.4) is 0 Å². The summed E-state index contributed by atoms with van der Waals surface area (Å²) in [7, 11) is 1.48. The van der Waals surface area contributed by atoms with Crippen LogP contribution in [-0.2, 0) is 32.7 Å². The van der Waals surface area contributed by atoms with Gasteiger partial charge in [0.05, 0.1) is 27.7 Å². The lowest BCUT2D eigenvalue weighted by molar-refractivity contribution is -0.870. The lowest BCUT2D eigenvalue weighted by Gasteiger charge is -2.24. The molecule has 0 aromatic carbocycles. The topological polar surface area (TPSA) is 108 Å². The number of likely N-dealkylation sites (N-methyl/N-ethyl adjacent to an activating group) is 1. The molecule has 0 bridgehead atoms. The van der Waals surface area contributed by atoms with E-state index in [-0.39, 0.29) is 25.6 Å². The van der Waals surface area contributed by atoms with Gasteiger partial charge in [-0.25, -0.2) is 4.57 Å². The molecule has 1 N–H and O–H groups in total. The number of quaternary nitrogens is 1. The van der Waals surface area contributed by atoms with Crippen LogP contribution in [0.5, 0.6) is 0 Å². The average Bonchev–Trinajstić information content (AvgIpc) is 3.38. The van der Waals surface area contributed by atoms with E-state index in [9.17, 15) is 19.0 Å². The Morgan fingerprint density at radius 3 is 1.05 bits per heavy atom. The fraction of sp³-hybridized carbons (Fsp3) is 0.879. The number of hydrogen-bond donors (Lipinski definition) is 1. The van der Waals surface area contributed by atoms with Crippen molar-refractivity contribution >= 4 is 19.8 Å². The van der Waals surface area contributed by atoms with Crippen LogP contribution in [0.1, 0.15) is 322 Å². The number of nitrogens with zero attached hydrogens (tertiary/aromatic N) is 1. The summed E-state index contributed by atoms with van der Waals surface area (Å²) in [5, 5.41) is 0. The van der Waals surface area contributed by atoms with Gasteiger partial charge < -0.3 is 18.9 Å². The van der Waals surface area contributed by atoms with Crippen LogP contribution >= 0.6 is 7.82 Å². The zero-order valence-corrected chi connectivity index (χ0v) is 51.9. The standard InChI is InChI=1S/C66H126NO8P/c1-6-8-10-12-14-16-18-20-22-24-26-28-29-30-31-32-33-34-35-36-37-39-40-42-44-46-48-50-52-54-56-58-65(68)72-62-64(63-74-76(70,71)73-61-60-67(3,4)5)75-66(69)59-57-55-53-51-49-47-45-43-41-38-27-25-23-21-19-17-15-13-11-9-7-2/h19,21,25,27,41,43,64H,6-18,20,22-24,26,28-40,42,44-63H2,1-5H3/p+1/b21-19-,27-25-,43-41-. The maximum Gasteiger partial charge on any atom is 0.472 e. The van der Waals surface area contributed by atoms with Gasteiger partial charge in [-0.15, -0.1) is 0 Å². The molecule has 0 aliphatic heterocycles. The van der Waals surface area contributed by atoms with Gasteiger partial charge in [0.2, 0.25) is 0 Å². The third kappa shape index (κ3) is 61.4. The van der Waals surface area contributed by atoms with E-state index in [0.717, 1.165) is 70.6 Å². The molecule has 0 rings (SSSR count). The van der Waals surface area contributed by atoms with Crippen LogP contribution in [0.15, 0.2) is 36.5 Å². The minimum atomic E-state index is -4.39. The molecule has 2 unspecified atom stereocenters. The fourth-order valence-corrected chi connectivity index (χ4v) is 10.4. The van der Waals surface area contributed by atoms with Crippen molar-refractivity contribution in [3.8, 4) is 0 Å². The monoisotopic (exact) mass is 1090 g/mol. The zero-order chi connectivity index (χ0) is 55.6. The summed E-state index contributed by atoms with van der Waals surface area (Å²) in [6.45, 7) is 4.46. The van der Waals surface area contributed by atoms with Crippen LogP contribution in [0.2, 0.25) is 0 Å². The van der Waals surface area contributed by atoms with E-state index in [1.807, 2.05) is 21.1 Å². The first kappa shape index (κ1) is 74.2. The van der Waals surface area contributed by atoms with Crippen molar-refractivity contribution in [2.75, 3.05) is 47.5 Å². The summed E-state index contributed by atoms with van der Waals surface area (Å²) in [4.78, 5) is 35.8. The molecular formula is C66H127NO8P+. The first-order valence-corrected chi connectivity index (χ1v) is 34.2. The Morgan fingerprint density at radius 2 is 0.711 bits per heavy atom. The Hall–Kier alpha value is -1.77. The van der Waals surface area contributed by atoms with Gasteiger partial charge >= 0.3 is 19.8 Å². The molecule has 0 aliphatic carbocycles. The molecule has 0 heterocycles. The molecule has 10 heteroatoms. The second-order valence-corrected chi connectivity index (χ2v) is 25.0. The predicted octanol–water partition coefficient (Wildman–Crippen LogP) is 20.7. The highest BCUT2D eigenvalue weighted by molar-refractivity contribution is 7.47. The summed E-state index contributed by atoms with van der Waals surface area (Å²) in [6, 6.07) is 0. The van der Waals surface area contributed by atoms with Gasteiger partial charge in [0.15, 0.2) is 6.10 Å². The van der Waals surface area contributed by atoms with E-state index in [2.05, 4.69) is 50.3 Å². The molecule has 0 aromatic rings. The fourth-order valence-electron chi connectivity index (χ4n) is 9.61. The number of phosphoric acid groups is 1. The van der Waals surface area contributed by atoms with E-state index in [4.69, 9.17) is 18.5 Å². The molecule has 0 spiro atoms. The number of unbranched alkanes of at least 4 members (excludes halogenated alkanes) is 41. The lowest BCUT2D eigenvalue weighted by Crippen LogP contribution is -2.37. The molecular weight excluding hydrogens is 966 g/mol. The normalized spacial score (nSPS) is 13.4. The minimum Gasteiger partial charge on any atom is -0.462 e. The second kappa shape index (κ2) is 57.9. The SMILES string of the molecule is CCCCCCC/C=C\C/C=C\C/C=C\CCCCCCCCC(=O)OC(COC(=O)CCCCCCCCCCCCCCCCCCCCCCCCCCCCCCCCC)COP(=O)(O)OCC[N+](C)(C)C. The van der Waals surface area contributed by atoms with Gasteiger partial charge in [0.1, 0.15) is 19.8 Å². The summed E-state index contributed by atoms with van der Waals surface area (Å²) in [5.74, 6) is -0.797. The van der Waals surface area contributed by atoms with Gasteiger partial charge in [0, 0.05) is 12.8 Å². The summed E-state index contributed by atoms with van der Waals surface area (Å²) in [6.07, 6.45) is 72.4. The van der Waals surface area contributed by atoms with Crippen molar-refractivity contribution in [3.05, 3.63) is 36.5 Å². The maximum absolute atomic E-state index is 12.8. The number of hydrogen-bond acceptors (Lipinski definition) is 7. The predicted molar refractivity (Wildman–Crippen MR) is 326 cm³/mol. The van der Waals surface area contributed by atoms with Gasteiger partial charge in [-0.05, 0) is 51.4 Å². The van der Waals surface area contributed by atoms with Crippen molar-refractivity contribution in [2.45, 2.75) is 328 Å². The Kier molecular flexibility index (Phi) is 56.6. The molecule has 0 aromatic heterocycles. The molecule has 0 amide bonds. The van der Waals surface area contributed by atoms with Gasteiger partial charge in [-0.2, -0.15) is 0 Å². The Bertz CT molecular complexity index is 1380. The van der Waals surface area contributed by atoms with E-state index in [1.165, 1.54) is 218 Å². The van der Waals surface area contributed by atoms with Crippen molar-refractivity contribution in [1.82, 2.24) is 0 Å². The molecule has 0 fully saturated rings. The first-order valence-electron chi connectivity index (χ1n) is 32.7. The zero-order valence-electron chi connectivity index (χ0n) is 51.0. The van der Waals surface area contributed by atoms with Crippen LogP contribution in [0, 0.1) is 0 Å². The quantitative estimate of drug-likeness (QED) is 0.0211. The average molecular weight is 1090 g/mol. The van der Waals surface area contributed by atoms with Crippen molar-refractivity contribution < 1.29 is 42.1 Å². The number of phosphoric ester groups is 1. The smallest absolute Gasteiger partial charge is 0.462 e. The highest BCUT2D eigenvalue weighted by atomic mass is 31.2. The third-order valence-electron chi connectivity index (χ3n) is 14.7. The Morgan fingerprint density at radius 1 is 0.408 bits per heavy atom. The molecule has 0 radical (unpaired) electrons. The molecule has 0 saturated carbocycles. The maximum atomic E-state index is 12.8. The number of rotatable bonds is 61. The number of ether oxygens (including phenoxy) is 2. The number of esters is 2. The molecule has 448 valence electrons. The van der Waals surface area contributed by atoms with Crippen molar-refractivity contribution in [1.29, 1.82) is 0 Å². The van der Waals surface area contributed by atoms with E-state index in [1.54, 1.807) is 0 Å². The Balaban J connectivity index is 4.03. The largest absolute Gasteiger partial charge is 0.472 e. The van der Waals surface area contributed by atoms with Crippen LogP contribution in [0.4, 0.5) is 0 Å². The molecule has 9 nitrogen and oxygen atoms in total. The molecule has 0 aliphatic rings. The van der Waals surface area contributed by atoms with Crippen LogP contribution < -0.4 is 0 Å². The van der Waals surface area contributed by atoms with Gasteiger partial charge in [-0.3, -0.25) is 18.6 Å². The molecule has 76 heavy (non-hydrogen) atoms. The first-order chi connectivity index (χ1) is 37.0. The van der Waals surface area contributed by atoms with Crippen molar-refractivity contribution in [3.63, 3.8) is 0 Å². The van der Waals surface area contributed by atoms with Gasteiger partial charge in [-0.1, -0.05) is 294 Å². The van der Waals surface area contributed by atoms with Crippen LogP contribution in [-0.4, -0.2) is 74.9 Å². The van der Waals surface area contributed by atoms with Crippen LogP contribution in [0.25, 0.3) is 0 Å². The van der Waals surface area contributed by atoms with E-state index < -0.39 is 26.5 Å². The lowest BCUT2D eigenvalue weighted by atomic mass is 10.0. The summed E-state index contributed by atoms with van der Waals surface area (Å²) in [5.41, 5.74) is 0. The third-order valence-corrected chi connectivity index (χ3v) is 15.7. The van der Waals surface area contributed by atoms with E-state index >= 15 is 0 Å². The molecule has 2 atom stereocenters. The minimum absolute atomic E-state index is 0.0301. The van der Waals surface area contributed by atoms with E-state index in [0.29, 0.717) is 23.9 Å². The molecule has 0 saturated heterocycles. The summed E-state index contributed by atoms with van der Waals surface area (Å²) < 4.78 is 34.6. The second-order valence-electron chi connectivity index (χ2n) is 23.5. The highest BCUT2D eigenvalue weighted by Crippen LogP contribution is 2.43. The number of allylic oxidation sites excluding steroid dienone is 6. The number of carbonyl (C=O) groups excluding carboxylic acids is 2.